The summed E-state index contributed by atoms with van der Waals surface area (Å²) in [5.41, 5.74) is 2.19. The summed E-state index contributed by atoms with van der Waals surface area (Å²) in [5, 5.41) is 15.8. The summed E-state index contributed by atoms with van der Waals surface area (Å²) in [5.74, 6) is 0. The first-order valence-electron chi connectivity index (χ1n) is 6.23. The number of nitrogens with zero attached hydrogens (tertiary/aromatic N) is 2. The number of para-hydroxylation sites is 2. The van der Waals surface area contributed by atoms with E-state index >= 15 is 0 Å². The van der Waals surface area contributed by atoms with E-state index in [9.17, 15) is 0 Å². The van der Waals surface area contributed by atoms with Gasteiger partial charge in [-0.05, 0) is 12.1 Å². The van der Waals surface area contributed by atoms with Crippen LogP contribution >= 0.6 is 38.8 Å². The Bertz CT molecular complexity index is 725. The van der Waals surface area contributed by atoms with Crippen LogP contribution in [0.2, 0.25) is 0 Å². The van der Waals surface area contributed by atoms with Crippen LogP contribution in [0.25, 0.3) is 21.8 Å². The fourth-order valence-electron chi connectivity index (χ4n) is 1.77. The van der Waals surface area contributed by atoms with E-state index in [1.54, 1.807) is 0 Å². The molecular formula is C15H16Cl4N4Ru. The Morgan fingerprint density at radius 3 is 1.33 bits per heavy atom. The minimum absolute atomic E-state index is 0. The molecule has 0 atom stereocenters. The first-order valence-corrected chi connectivity index (χ1v) is 15.2. The molecule has 2 aromatic carbocycles. The van der Waals surface area contributed by atoms with Gasteiger partial charge in [0.25, 0.3) is 0 Å². The molecule has 0 bridgehead atoms. The van der Waals surface area contributed by atoms with Crippen molar-refractivity contribution in [2.75, 3.05) is 0 Å². The van der Waals surface area contributed by atoms with Crippen LogP contribution in [0.4, 0.5) is 0 Å². The number of aromatic amines is 2. The largest absolute Gasteiger partial charge is 0.278 e. The van der Waals surface area contributed by atoms with E-state index in [0.717, 1.165) is 21.8 Å². The number of rotatable bonds is 0. The van der Waals surface area contributed by atoms with Crippen molar-refractivity contribution in [3.05, 3.63) is 60.9 Å². The maximum absolute atomic E-state index is 5.00. The molecule has 9 heteroatoms. The van der Waals surface area contributed by atoms with Crippen LogP contribution in [0.5, 0.6) is 0 Å². The number of halogens is 4. The molecule has 2 aromatic heterocycles. The topological polar surface area (TPSA) is 57.4 Å². The summed E-state index contributed by atoms with van der Waals surface area (Å²) in [6.45, 7) is 0. The number of fused-ring (bicyclic) bond motifs is 2. The van der Waals surface area contributed by atoms with E-state index in [1.165, 1.54) is 0 Å². The molecule has 0 spiro atoms. The maximum atomic E-state index is 5.00. The fourth-order valence-corrected chi connectivity index (χ4v) is 1.77. The van der Waals surface area contributed by atoms with Gasteiger partial charge in [0.1, 0.15) is 0 Å². The Kier molecular flexibility index (Phi) is 9.03. The van der Waals surface area contributed by atoms with Crippen LogP contribution in [0.15, 0.2) is 60.9 Å². The molecule has 0 aliphatic rings. The summed E-state index contributed by atoms with van der Waals surface area (Å²) in [6.07, 6.45) is 3.63. The van der Waals surface area contributed by atoms with Crippen molar-refractivity contribution < 1.29 is 10.8 Å². The van der Waals surface area contributed by atoms with E-state index in [1.807, 2.05) is 60.9 Å². The molecule has 4 aromatic rings. The molecule has 2 N–H and O–H groups in total. The van der Waals surface area contributed by atoms with Crippen LogP contribution in [0.1, 0.15) is 7.43 Å². The summed E-state index contributed by atoms with van der Waals surface area (Å²) in [4.78, 5) is 0. The number of hydrogen-bond donors (Lipinski definition) is 2. The molecule has 2 heterocycles. The van der Waals surface area contributed by atoms with Gasteiger partial charge in [-0.25, -0.2) is 0 Å². The van der Waals surface area contributed by atoms with Crippen molar-refractivity contribution >= 4 is 60.6 Å². The monoisotopic (exact) mass is 494 g/mol. The number of aromatic nitrogens is 4. The van der Waals surface area contributed by atoms with Crippen molar-refractivity contribution in [3.63, 3.8) is 0 Å². The third-order valence-corrected chi connectivity index (χ3v) is 2.70. The molecule has 4 nitrogen and oxygen atoms in total. The van der Waals surface area contributed by atoms with Gasteiger partial charge >= 0.3 is 49.6 Å². The van der Waals surface area contributed by atoms with Crippen molar-refractivity contribution in [2.45, 2.75) is 7.43 Å². The Hall–Kier alpha value is -0.837. The third-order valence-electron chi connectivity index (χ3n) is 2.70. The molecule has 0 aliphatic carbocycles. The van der Waals surface area contributed by atoms with Gasteiger partial charge in [0.2, 0.25) is 0 Å². The minimum atomic E-state index is -2.97. The first kappa shape index (κ1) is 21.2. The molecular weight excluding hydrogens is 479 g/mol. The van der Waals surface area contributed by atoms with Gasteiger partial charge in [-0.15, -0.1) is 0 Å². The quantitative estimate of drug-likeness (QED) is 0.273. The Morgan fingerprint density at radius 2 is 1.00 bits per heavy atom. The SMILES string of the molecule is C.[Cl][Ru]([Cl])([Cl])[Cl].c1ccc2[nH]ncc2c1.c1ccc2[nH]ncc2c1. The van der Waals surface area contributed by atoms with Gasteiger partial charge in [-0.2, -0.15) is 10.2 Å². The number of hydrogen-bond acceptors (Lipinski definition) is 2. The standard InChI is InChI=1S/2C7H6N2.CH4.4ClH.Ru/c2*1-2-4-7-6(3-1)5-8-9-7;;;;;;/h2*1-5H,(H,8,9);1H4;4*1H;/q;;;;;;;+4/p-4. The molecule has 0 unspecified atom stereocenters. The smallest absolute Gasteiger partial charge is 0.0650 e. The van der Waals surface area contributed by atoms with E-state index < -0.39 is 10.8 Å². The zero-order chi connectivity index (χ0) is 16.7. The van der Waals surface area contributed by atoms with Crippen molar-refractivity contribution in [1.82, 2.24) is 20.4 Å². The average molecular weight is 495 g/mol. The van der Waals surface area contributed by atoms with Gasteiger partial charge in [0, 0.05) is 10.8 Å². The normalized spacial score (nSPS) is 10.8. The van der Waals surface area contributed by atoms with E-state index in [-0.39, 0.29) is 7.43 Å². The predicted molar refractivity (Wildman–Crippen MR) is 102 cm³/mol. The third kappa shape index (κ3) is 7.82. The van der Waals surface area contributed by atoms with E-state index in [2.05, 4.69) is 20.4 Å². The summed E-state index contributed by atoms with van der Waals surface area (Å²) < 4.78 is 0. The number of benzene rings is 2. The molecule has 0 saturated heterocycles. The van der Waals surface area contributed by atoms with E-state index in [0.29, 0.717) is 0 Å². The van der Waals surface area contributed by atoms with Crippen LogP contribution in [0, 0.1) is 0 Å². The molecule has 132 valence electrons. The van der Waals surface area contributed by atoms with Gasteiger partial charge in [0.15, 0.2) is 0 Å². The average Bonchev–Trinajstić information content (AvgIpc) is 3.15. The van der Waals surface area contributed by atoms with Crippen LogP contribution in [-0.2, 0) is 10.8 Å². The van der Waals surface area contributed by atoms with Gasteiger partial charge in [-0.1, -0.05) is 43.8 Å². The summed E-state index contributed by atoms with van der Waals surface area (Å²) >= 11 is 0. The van der Waals surface area contributed by atoms with Crippen LogP contribution in [0.3, 0.4) is 0 Å². The maximum Gasteiger partial charge on any atom is 0.0650 e. The Morgan fingerprint density at radius 1 is 0.667 bits per heavy atom. The zero-order valence-corrected chi connectivity index (χ0v) is 16.3. The first-order chi connectivity index (χ1) is 10.9. The fraction of sp³-hybridized carbons (Fsp3) is 0.0667. The van der Waals surface area contributed by atoms with Crippen molar-refractivity contribution in [3.8, 4) is 0 Å². The molecule has 0 amide bonds. The van der Waals surface area contributed by atoms with Crippen LogP contribution in [-0.4, -0.2) is 20.4 Å². The molecule has 4 rings (SSSR count). The molecule has 24 heavy (non-hydrogen) atoms. The molecule has 0 saturated carbocycles. The zero-order valence-electron chi connectivity index (χ0n) is 11.5. The Labute approximate surface area is 159 Å². The predicted octanol–water partition coefficient (Wildman–Crippen LogP) is 6.52. The number of nitrogens with one attached hydrogen (secondary N) is 2. The molecule has 0 aliphatic heterocycles. The summed E-state index contributed by atoms with van der Waals surface area (Å²) in [7, 11) is 17.0. The Balaban J connectivity index is 0.000000185. The second kappa shape index (κ2) is 10.2. The molecule has 0 fully saturated rings. The van der Waals surface area contributed by atoms with Crippen molar-refractivity contribution in [2.24, 2.45) is 0 Å². The van der Waals surface area contributed by atoms with Crippen molar-refractivity contribution in [1.29, 1.82) is 0 Å². The summed E-state index contributed by atoms with van der Waals surface area (Å²) in [6, 6.07) is 16.0. The van der Waals surface area contributed by atoms with Gasteiger partial charge in [0.05, 0.1) is 23.4 Å². The van der Waals surface area contributed by atoms with Gasteiger partial charge < -0.3 is 0 Å². The minimum Gasteiger partial charge on any atom is -0.278 e. The second-order valence-electron chi connectivity index (χ2n) is 4.22. The van der Waals surface area contributed by atoms with E-state index in [4.69, 9.17) is 38.8 Å². The second-order valence-corrected chi connectivity index (χ2v) is 20.1. The number of H-pyrrole nitrogens is 2. The van der Waals surface area contributed by atoms with Gasteiger partial charge in [-0.3, -0.25) is 10.2 Å². The molecule has 0 radical (unpaired) electrons. The van der Waals surface area contributed by atoms with Crippen LogP contribution < -0.4 is 0 Å².